The minimum absolute atomic E-state index is 0.151. The molecule has 0 unspecified atom stereocenters. The summed E-state index contributed by atoms with van der Waals surface area (Å²) in [4.78, 5) is 19.4. The van der Waals surface area contributed by atoms with Gasteiger partial charge in [0.25, 0.3) is 5.91 Å². The Morgan fingerprint density at radius 2 is 1.78 bits per heavy atom. The fourth-order valence-corrected chi connectivity index (χ4v) is 4.27. The highest BCUT2D eigenvalue weighted by Crippen LogP contribution is 2.33. The summed E-state index contributed by atoms with van der Waals surface area (Å²) in [6.07, 6.45) is 3.09. The first-order valence-corrected chi connectivity index (χ1v) is 11.0. The van der Waals surface area contributed by atoms with E-state index in [1.807, 2.05) is 25.1 Å². The van der Waals surface area contributed by atoms with Crippen molar-refractivity contribution in [3.63, 3.8) is 0 Å². The van der Waals surface area contributed by atoms with Crippen molar-refractivity contribution >= 4 is 29.9 Å². The molecule has 0 aliphatic carbocycles. The number of carbonyl (C=O) groups excluding carboxylic acids is 1. The van der Waals surface area contributed by atoms with Gasteiger partial charge in [0.2, 0.25) is 0 Å². The molecule has 1 saturated heterocycles. The number of likely N-dealkylation sites (tertiary alicyclic amines) is 1. The summed E-state index contributed by atoms with van der Waals surface area (Å²) in [6, 6.07) is 11.5. The van der Waals surface area contributed by atoms with Crippen LogP contribution in [0.5, 0.6) is 0 Å². The molecule has 166 valence electrons. The fourth-order valence-electron chi connectivity index (χ4n) is 4.10. The zero-order chi connectivity index (χ0) is 22.8. The first kappa shape index (κ1) is 22.3. The van der Waals surface area contributed by atoms with Crippen LogP contribution in [0.4, 0.5) is 20.2 Å². The summed E-state index contributed by atoms with van der Waals surface area (Å²) >= 11 is 4.38. The number of carbonyl (C=O) groups is 1. The number of piperidine rings is 1. The van der Waals surface area contributed by atoms with Gasteiger partial charge in [-0.3, -0.25) is 4.79 Å². The van der Waals surface area contributed by atoms with E-state index in [4.69, 9.17) is 0 Å². The standard InChI is InChI=1S/C25H25F2N3OS/c1-15-3-8-22(21(27)13-15)29-23-16(2)24(32)28-14-20(23)25(31)30-11-9-18(10-12-30)17-4-6-19(26)7-5-17/h3-8,13-14,18H,9-12H2,1-2H3,(H2,28,29,32). The maximum Gasteiger partial charge on any atom is 0.257 e. The number of hydrogen-bond donors (Lipinski definition) is 2. The molecular formula is C25H25F2N3OS. The van der Waals surface area contributed by atoms with E-state index in [0.29, 0.717) is 46.5 Å². The maximum atomic E-state index is 14.5. The molecule has 1 fully saturated rings. The second-order valence-corrected chi connectivity index (χ2v) is 8.65. The van der Waals surface area contributed by atoms with Gasteiger partial charge in [0.15, 0.2) is 0 Å². The Hall–Kier alpha value is -2.93. The third-order valence-corrected chi connectivity index (χ3v) is 6.48. The number of amides is 1. The SMILES string of the molecule is Cc1ccc(Nc2c(C(=O)N3CCC(c4ccc(F)cc4)CC3)cnc(S)c2C)c(F)c1. The van der Waals surface area contributed by atoms with Crippen LogP contribution in [0.15, 0.2) is 53.7 Å². The molecule has 4 nitrogen and oxygen atoms in total. The lowest BCUT2D eigenvalue weighted by atomic mass is 9.89. The van der Waals surface area contributed by atoms with E-state index in [2.05, 4.69) is 22.9 Å². The van der Waals surface area contributed by atoms with Crippen LogP contribution in [0.25, 0.3) is 0 Å². The summed E-state index contributed by atoms with van der Waals surface area (Å²) in [7, 11) is 0. The predicted molar refractivity (Wildman–Crippen MR) is 125 cm³/mol. The van der Waals surface area contributed by atoms with Crippen molar-refractivity contribution in [2.45, 2.75) is 37.6 Å². The second kappa shape index (κ2) is 9.28. The Morgan fingerprint density at radius 1 is 1.09 bits per heavy atom. The number of thiol groups is 1. The normalized spacial score (nSPS) is 14.5. The quantitative estimate of drug-likeness (QED) is 0.474. The van der Waals surface area contributed by atoms with Gasteiger partial charge >= 0.3 is 0 Å². The number of nitrogens with zero attached hydrogens (tertiary/aromatic N) is 2. The van der Waals surface area contributed by atoms with Crippen molar-refractivity contribution in [2.24, 2.45) is 0 Å². The summed E-state index contributed by atoms with van der Waals surface area (Å²) in [5, 5.41) is 3.57. The third-order valence-electron chi connectivity index (χ3n) is 6.03. The van der Waals surface area contributed by atoms with Crippen molar-refractivity contribution in [3.8, 4) is 0 Å². The van der Waals surface area contributed by atoms with Crippen LogP contribution in [-0.4, -0.2) is 28.9 Å². The average Bonchev–Trinajstić information content (AvgIpc) is 2.79. The molecule has 1 amide bonds. The smallest absolute Gasteiger partial charge is 0.257 e. The van der Waals surface area contributed by atoms with Gasteiger partial charge in [0.1, 0.15) is 11.6 Å². The van der Waals surface area contributed by atoms with Gasteiger partial charge in [-0.25, -0.2) is 13.8 Å². The van der Waals surface area contributed by atoms with Gasteiger partial charge in [-0.1, -0.05) is 18.2 Å². The van der Waals surface area contributed by atoms with Crippen molar-refractivity contribution in [3.05, 3.63) is 82.5 Å². The van der Waals surface area contributed by atoms with E-state index in [0.717, 1.165) is 24.0 Å². The second-order valence-electron chi connectivity index (χ2n) is 8.22. The van der Waals surface area contributed by atoms with E-state index < -0.39 is 0 Å². The van der Waals surface area contributed by atoms with Crippen LogP contribution in [-0.2, 0) is 0 Å². The predicted octanol–water partition coefficient (Wildman–Crippen LogP) is 6.03. The molecule has 1 aliphatic rings. The van der Waals surface area contributed by atoms with Gasteiger partial charge < -0.3 is 10.2 Å². The van der Waals surface area contributed by atoms with Gasteiger partial charge in [-0.05, 0) is 68.0 Å². The van der Waals surface area contributed by atoms with Gasteiger partial charge in [0.05, 0.1) is 22.0 Å². The molecule has 0 bridgehead atoms. The Labute approximate surface area is 192 Å². The Bertz CT molecular complexity index is 1140. The number of nitrogens with one attached hydrogen (secondary N) is 1. The van der Waals surface area contributed by atoms with Crippen molar-refractivity contribution in [1.82, 2.24) is 9.88 Å². The Kier molecular flexibility index (Phi) is 6.46. The zero-order valence-electron chi connectivity index (χ0n) is 18.0. The molecule has 1 aromatic heterocycles. The molecule has 2 heterocycles. The number of rotatable bonds is 4. The molecular weight excluding hydrogens is 428 g/mol. The van der Waals surface area contributed by atoms with Crippen LogP contribution in [0.2, 0.25) is 0 Å². The van der Waals surface area contributed by atoms with Crippen LogP contribution >= 0.6 is 12.6 Å². The highest BCUT2D eigenvalue weighted by molar-refractivity contribution is 7.80. The summed E-state index contributed by atoms with van der Waals surface area (Å²) in [5.74, 6) is -0.498. The summed E-state index contributed by atoms with van der Waals surface area (Å²) in [6.45, 7) is 4.80. The molecule has 4 rings (SSSR count). The van der Waals surface area contributed by atoms with Crippen molar-refractivity contribution in [1.29, 1.82) is 0 Å². The molecule has 3 aromatic rings. The third kappa shape index (κ3) is 4.63. The van der Waals surface area contributed by atoms with E-state index in [1.165, 1.54) is 24.4 Å². The molecule has 0 saturated carbocycles. The first-order chi connectivity index (χ1) is 15.3. The Balaban J connectivity index is 1.55. The van der Waals surface area contributed by atoms with E-state index in [9.17, 15) is 13.6 Å². The number of anilines is 2. The highest BCUT2D eigenvalue weighted by atomic mass is 32.1. The van der Waals surface area contributed by atoms with Crippen LogP contribution in [0, 0.1) is 25.5 Å². The number of aromatic nitrogens is 1. The molecule has 1 N–H and O–H groups in total. The lowest BCUT2D eigenvalue weighted by Crippen LogP contribution is -2.38. The summed E-state index contributed by atoms with van der Waals surface area (Å²) < 4.78 is 27.7. The molecule has 1 aliphatic heterocycles. The topological polar surface area (TPSA) is 45.2 Å². The molecule has 0 radical (unpaired) electrons. The first-order valence-electron chi connectivity index (χ1n) is 10.6. The van der Waals surface area contributed by atoms with E-state index in [1.54, 1.807) is 17.9 Å². The average molecular weight is 454 g/mol. The maximum absolute atomic E-state index is 14.5. The van der Waals surface area contributed by atoms with Crippen LogP contribution < -0.4 is 5.32 Å². The largest absolute Gasteiger partial charge is 0.352 e. The number of benzene rings is 2. The Morgan fingerprint density at radius 3 is 2.44 bits per heavy atom. The van der Waals surface area contributed by atoms with Crippen molar-refractivity contribution < 1.29 is 13.6 Å². The highest BCUT2D eigenvalue weighted by Gasteiger charge is 2.27. The molecule has 2 aromatic carbocycles. The fraction of sp³-hybridized carbons (Fsp3) is 0.280. The lowest BCUT2D eigenvalue weighted by Gasteiger charge is -2.33. The summed E-state index contributed by atoms with van der Waals surface area (Å²) in [5.41, 5.74) is 3.78. The molecule has 0 spiro atoms. The van der Waals surface area contributed by atoms with Crippen LogP contribution in [0.3, 0.4) is 0 Å². The minimum atomic E-state index is -0.388. The van der Waals surface area contributed by atoms with E-state index in [-0.39, 0.29) is 17.5 Å². The monoisotopic (exact) mass is 453 g/mol. The lowest BCUT2D eigenvalue weighted by molar-refractivity contribution is 0.0713. The number of halogens is 2. The van der Waals surface area contributed by atoms with E-state index >= 15 is 0 Å². The number of hydrogen-bond acceptors (Lipinski definition) is 4. The van der Waals surface area contributed by atoms with Crippen LogP contribution in [0.1, 0.15) is 45.8 Å². The number of pyridine rings is 1. The van der Waals surface area contributed by atoms with Gasteiger partial charge in [-0.15, -0.1) is 12.6 Å². The molecule has 0 atom stereocenters. The number of aryl methyl sites for hydroxylation is 1. The van der Waals surface area contributed by atoms with Gasteiger partial charge in [-0.2, -0.15) is 0 Å². The molecule has 7 heteroatoms. The minimum Gasteiger partial charge on any atom is -0.352 e. The molecule has 32 heavy (non-hydrogen) atoms. The van der Waals surface area contributed by atoms with Crippen molar-refractivity contribution in [2.75, 3.05) is 18.4 Å². The van der Waals surface area contributed by atoms with Gasteiger partial charge in [0, 0.05) is 24.8 Å². The zero-order valence-corrected chi connectivity index (χ0v) is 18.9.